The van der Waals surface area contributed by atoms with Crippen LogP contribution in [0.15, 0.2) is 79.3 Å². The van der Waals surface area contributed by atoms with Crippen molar-refractivity contribution in [3.05, 3.63) is 108 Å². The average Bonchev–Trinajstić information content (AvgIpc) is 3.32. The SMILES string of the molecule is Cc1cc2c(cnn2-c2ccc(F)cc2)cc1[C@]12CN(C(=O)c3ncnn3C)C[C@H]1[C@@H]2c1ccccc1. The highest BCUT2D eigenvalue weighted by Crippen LogP contribution is 2.69. The molecule has 37 heavy (non-hydrogen) atoms. The van der Waals surface area contributed by atoms with Crippen LogP contribution in [0.1, 0.15) is 33.2 Å². The summed E-state index contributed by atoms with van der Waals surface area (Å²) in [5.74, 6) is 0.656. The first kappa shape index (κ1) is 21.9. The van der Waals surface area contributed by atoms with Crippen LogP contribution in [0.2, 0.25) is 0 Å². The summed E-state index contributed by atoms with van der Waals surface area (Å²) in [4.78, 5) is 19.5. The fraction of sp³-hybridized carbons (Fsp3) is 0.241. The van der Waals surface area contributed by atoms with Crippen LogP contribution in [0.5, 0.6) is 0 Å². The molecule has 1 aliphatic heterocycles. The van der Waals surface area contributed by atoms with Gasteiger partial charge in [-0.2, -0.15) is 10.2 Å². The lowest BCUT2D eigenvalue weighted by atomic mass is 9.86. The summed E-state index contributed by atoms with van der Waals surface area (Å²) >= 11 is 0. The van der Waals surface area contributed by atoms with E-state index in [1.54, 1.807) is 19.2 Å². The van der Waals surface area contributed by atoms with E-state index in [1.165, 1.54) is 34.3 Å². The molecule has 0 unspecified atom stereocenters. The zero-order valence-electron chi connectivity index (χ0n) is 20.5. The maximum absolute atomic E-state index is 13.5. The first-order chi connectivity index (χ1) is 18.0. The molecule has 2 aromatic heterocycles. The van der Waals surface area contributed by atoms with Crippen LogP contribution in [0.3, 0.4) is 0 Å². The third-order valence-corrected chi connectivity index (χ3v) is 8.21. The molecule has 3 heterocycles. The molecular weight excluding hydrogens is 467 g/mol. The van der Waals surface area contributed by atoms with Crippen molar-refractivity contribution < 1.29 is 9.18 Å². The number of hydrogen-bond acceptors (Lipinski definition) is 4. The van der Waals surface area contributed by atoms with Gasteiger partial charge in [0.25, 0.3) is 5.91 Å². The van der Waals surface area contributed by atoms with E-state index in [-0.39, 0.29) is 17.1 Å². The van der Waals surface area contributed by atoms with Crippen molar-refractivity contribution >= 4 is 16.8 Å². The van der Waals surface area contributed by atoms with Crippen molar-refractivity contribution in [2.24, 2.45) is 13.0 Å². The standard InChI is InChI=1S/C29H25FN6O/c1-18-12-25-20(14-32-36(25)22-10-8-21(30)9-11-22)13-23(18)29-16-35(28(37)27-31-17-33-34(27)2)15-24(29)26(29)19-6-4-3-5-7-19/h3-14,17,24,26H,15-16H2,1-2H3/t24-,26-,29+/m0/s1. The fourth-order valence-electron chi connectivity index (χ4n) is 6.52. The number of likely N-dealkylation sites (tertiary alicyclic amines) is 1. The first-order valence-electron chi connectivity index (χ1n) is 12.4. The van der Waals surface area contributed by atoms with Gasteiger partial charge in [-0.1, -0.05) is 30.3 Å². The van der Waals surface area contributed by atoms with Crippen molar-refractivity contribution in [2.45, 2.75) is 18.3 Å². The number of amides is 1. The van der Waals surface area contributed by atoms with Gasteiger partial charge in [0.05, 0.1) is 17.4 Å². The number of carbonyl (C=O) groups is 1. The van der Waals surface area contributed by atoms with Gasteiger partial charge >= 0.3 is 0 Å². The molecular formula is C29H25FN6O. The van der Waals surface area contributed by atoms with Crippen molar-refractivity contribution in [1.82, 2.24) is 29.4 Å². The number of benzene rings is 3. The number of piperidine rings is 1. The second kappa shape index (κ2) is 7.83. The highest BCUT2D eigenvalue weighted by Gasteiger charge is 2.71. The lowest BCUT2D eigenvalue weighted by Crippen LogP contribution is -2.36. The quantitative estimate of drug-likeness (QED) is 0.373. The van der Waals surface area contributed by atoms with Crippen molar-refractivity contribution in [2.75, 3.05) is 13.1 Å². The number of carbonyl (C=O) groups excluding carboxylic acids is 1. The molecule has 0 N–H and O–H groups in total. The molecule has 1 saturated carbocycles. The molecule has 2 aliphatic rings. The van der Waals surface area contributed by atoms with E-state index in [1.807, 2.05) is 21.8 Å². The molecule has 184 valence electrons. The van der Waals surface area contributed by atoms with E-state index >= 15 is 0 Å². The minimum Gasteiger partial charge on any atom is -0.335 e. The monoisotopic (exact) mass is 492 g/mol. The number of fused-ring (bicyclic) bond motifs is 2. The van der Waals surface area contributed by atoms with E-state index in [0.29, 0.717) is 30.7 Å². The van der Waals surface area contributed by atoms with Crippen LogP contribution < -0.4 is 0 Å². The third kappa shape index (κ3) is 3.18. The van der Waals surface area contributed by atoms with Crippen molar-refractivity contribution in [1.29, 1.82) is 0 Å². The number of nitrogens with zero attached hydrogens (tertiary/aromatic N) is 6. The zero-order valence-corrected chi connectivity index (χ0v) is 20.5. The molecule has 3 atom stereocenters. The van der Waals surface area contributed by atoms with E-state index in [0.717, 1.165) is 22.2 Å². The van der Waals surface area contributed by atoms with Gasteiger partial charge in [0.2, 0.25) is 5.82 Å². The summed E-state index contributed by atoms with van der Waals surface area (Å²) in [5.41, 5.74) is 5.33. The fourth-order valence-corrected chi connectivity index (χ4v) is 6.52. The first-order valence-corrected chi connectivity index (χ1v) is 12.4. The number of hydrogen-bond donors (Lipinski definition) is 0. The smallest absolute Gasteiger partial charge is 0.291 e. The van der Waals surface area contributed by atoms with E-state index in [4.69, 9.17) is 0 Å². The number of rotatable bonds is 4. The molecule has 2 fully saturated rings. The summed E-state index contributed by atoms with van der Waals surface area (Å²) in [5, 5.41) is 9.72. The van der Waals surface area contributed by atoms with E-state index in [2.05, 4.69) is 58.5 Å². The Morgan fingerprint density at radius 3 is 2.57 bits per heavy atom. The normalized spacial score (nSPS) is 22.4. The number of aryl methyl sites for hydroxylation is 2. The molecule has 7 rings (SSSR count). The second-order valence-corrected chi connectivity index (χ2v) is 10.2. The molecule has 7 nitrogen and oxygen atoms in total. The summed E-state index contributed by atoms with van der Waals surface area (Å²) in [6.07, 6.45) is 3.29. The maximum Gasteiger partial charge on any atom is 0.291 e. The van der Waals surface area contributed by atoms with Gasteiger partial charge in [0, 0.05) is 36.9 Å². The molecule has 0 bridgehead atoms. The minimum absolute atomic E-state index is 0.0822. The van der Waals surface area contributed by atoms with Gasteiger partial charge in [0.1, 0.15) is 12.1 Å². The topological polar surface area (TPSA) is 68.8 Å². The second-order valence-electron chi connectivity index (χ2n) is 10.2. The Morgan fingerprint density at radius 2 is 1.84 bits per heavy atom. The Hall–Kier alpha value is -4.33. The third-order valence-electron chi connectivity index (χ3n) is 8.21. The summed E-state index contributed by atoms with van der Waals surface area (Å²) < 4.78 is 16.9. The average molecular weight is 493 g/mol. The predicted octanol–water partition coefficient (Wildman–Crippen LogP) is 4.41. The van der Waals surface area contributed by atoms with Crippen molar-refractivity contribution in [3.63, 3.8) is 0 Å². The lowest BCUT2D eigenvalue weighted by Gasteiger charge is -2.25. The Bertz CT molecular complexity index is 1660. The highest BCUT2D eigenvalue weighted by atomic mass is 19.1. The van der Waals surface area contributed by atoms with Gasteiger partial charge in [-0.3, -0.25) is 4.79 Å². The van der Waals surface area contributed by atoms with Crippen LogP contribution >= 0.6 is 0 Å². The maximum atomic E-state index is 13.5. The van der Waals surface area contributed by atoms with Crippen LogP contribution in [0, 0.1) is 18.7 Å². The molecule has 8 heteroatoms. The Morgan fingerprint density at radius 1 is 1.05 bits per heavy atom. The van der Waals surface area contributed by atoms with Gasteiger partial charge in [-0.15, -0.1) is 0 Å². The van der Waals surface area contributed by atoms with Crippen molar-refractivity contribution in [3.8, 4) is 5.69 Å². The van der Waals surface area contributed by atoms with Crippen LogP contribution in [0.4, 0.5) is 4.39 Å². The Balaban J connectivity index is 1.31. The molecule has 1 aliphatic carbocycles. The van der Waals surface area contributed by atoms with Gasteiger partial charge in [0.15, 0.2) is 0 Å². The number of halogens is 1. The predicted molar refractivity (Wildman–Crippen MR) is 137 cm³/mol. The minimum atomic E-state index is -0.272. The highest BCUT2D eigenvalue weighted by molar-refractivity contribution is 5.91. The van der Waals surface area contributed by atoms with E-state index in [9.17, 15) is 9.18 Å². The van der Waals surface area contributed by atoms with Crippen LogP contribution in [-0.2, 0) is 12.5 Å². The molecule has 1 saturated heterocycles. The largest absolute Gasteiger partial charge is 0.335 e. The Labute approximate surface area is 213 Å². The van der Waals surface area contributed by atoms with Gasteiger partial charge in [-0.25, -0.2) is 18.7 Å². The summed E-state index contributed by atoms with van der Waals surface area (Å²) in [6.45, 7) is 3.44. The lowest BCUT2D eigenvalue weighted by molar-refractivity contribution is 0.0752. The molecule has 1 amide bonds. The molecule has 0 radical (unpaired) electrons. The van der Waals surface area contributed by atoms with E-state index < -0.39 is 0 Å². The zero-order chi connectivity index (χ0) is 25.3. The van der Waals surface area contributed by atoms with Crippen LogP contribution in [-0.4, -0.2) is 48.4 Å². The van der Waals surface area contributed by atoms with Crippen LogP contribution in [0.25, 0.3) is 16.6 Å². The van der Waals surface area contributed by atoms with Gasteiger partial charge < -0.3 is 4.90 Å². The molecule has 3 aromatic carbocycles. The number of aromatic nitrogens is 5. The summed E-state index contributed by atoms with van der Waals surface area (Å²) in [7, 11) is 1.75. The molecule has 0 spiro atoms. The Kier molecular flexibility index (Phi) is 4.64. The summed E-state index contributed by atoms with van der Waals surface area (Å²) in [6, 6.07) is 21.4. The molecule has 5 aromatic rings. The van der Waals surface area contributed by atoms with Gasteiger partial charge in [-0.05, 0) is 65.9 Å².